The first-order valence-electron chi connectivity index (χ1n) is 10.5. The van der Waals surface area contributed by atoms with E-state index in [9.17, 15) is 14.9 Å². The van der Waals surface area contributed by atoms with E-state index in [1.807, 2.05) is 50.2 Å². The predicted molar refractivity (Wildman–Crippen MR) is 125 cm³/mol. The molecule has 0 atom stereocenters. The predicted octanol–water partition coefficient (Wildman–Crippen LogP) is 4.43. The van der Waals surface area contributed by atoms with E-state index in [1.165, 1.54) is 12.1 Å². The standard InChI is InChI=1S/C25H23N5O3/c1-17-6-11-23(18(2)15-17)29-24(25(31)27-14-12-20-5-3-4-13-26-20)16-22(28-29)19-7-9-21(10-8-19)30(32)33/h3-11,13,15-16H,12,14H2,1-2H3,(H,27,31). The first-order valence-corrected chi connectivity index (χ1v) is 10.5. The molecule has 0 radical (unpaired) electrons. The maximum Gasteiger partial charge on any atom is 0.270 e. The second-order valence-corrected chi connectivity index (χ2v) is 7.75. The van der Waals surface area contributed by atoms with Crippen molar-refractivity contribution in [3.63, 3.8) is 0 Å². The third-order valence-corrected chi connectivity index (χ3v) is 5.29. The van der Waals surface area contributed by atoms with Crippen molar-refractivity contribution >= 4 is 11.6 Å². The topological polar surface area (TPSA) is 103 Å². The van der Waals surface area contributed by atoms with Crippen LogP contribution in [-0.2, 0) is 6.42 Å². The number of rotatable bonds is 7. The van der Waals surface area contributed by atoms with E-state index < -0.39 is 4.92 Å². The van der Waals surface area contributed by atoms with Crippen molar-refractivity contribution in [1.82, 2.24) is 20.1 Å². The minimum Gasteiger partial charge on any atom is -0.350 e. The van der Waals surface area contributed by atoms with Gasteiger partial charge < -0.3 is 5.32 Å². The van der Waals surface area contributed by atoms with Gasteiger partial charge in [-0.1, -0.05) is 23.8 Å². The molecule has 0 bridgehead atoms. The fraction of sp³-hybridized carbons (Fsp3) is 0.160. The zero-order valence-electron chi connectivity index (χ0n) is 18.4. The van der Waals surface area contributed by atoms with Gasteiger partial charge in [-0.25, -0.2) is 4.68 Å². The highest BCUT2D eigenvalue weighted by Gasteiger charge is 2.19. The molecule has 0 aliphatic rings. The highest BCUT2D eigenvalue weighted by Crippen LogP contribution is 2.25. The second kappa shape index (κ2) is 9.44. The molecule has 1 amide bonds. The molecular formula is C25H23N5O3. The smallest absolute Gasteiger partial charge is 0.270 e. The molecule has 4 rings (SSSR count). The Balaban J connectivity index is 1.66. The molecule has 0 fully saturated rings. The third kappa shape index (κ3) is 4.95. The number of nitrogens with zero attached hydrogens (tertiary/aromatic N) is 4. The molecule has 0 spiro atoms. The minimum absolute atomic E-state index is 0.0000460. The molecule has 0 unspecified atom stereocenters. The van der Waals surface area contributed by atoms with E-state index in [2.05, 4.69) is 15.4 Å². The molecule has 0 saturated heterocycles. The Hall–Kier alpha value is -4.33. The van der Waals surface area contributed by atoms with Gasteiger partial charge in [-0.2, -0.15) is 5.10 Å². The summed E-state index contributed by atoms with van der Waals surface area (Å²) < 4.78 is 1.63. The number of hydrogen-bond donors (Lipinski definition) is 1. The zero-order chi connectivity index (χ0) is 23.4. The summed E-state index contributed by atoms with van der Waals surface area (Å²) in [4.78, 5) is 27.9. The Bertz CT molecular complexity index is 1300. The molecule has 0 aliphatic carbocycles. The number of nitro benzene ring substituents is 1. The molecule has 2 heterocycles. The van der Waals surface area contributed by atoms with Gasteiger partial charge in [0.15, 0.2) is 0 Å². The normalized spacial score (nSPS) is 10.7. The van der Waals surface area contributed by atoms with Crippen LogP contribution in [0.5, 0.6) is 0 Å². The van der Waals surface area contributed by atoms with Crippen LogP contribution in [0, 0.1) is 24.0 Å². The van der Waals surface area contributed by atoms with Crippen LogP contribution in [-0.4, -0.2) is 32.1 Å². The lowest BCUT2D eigenvalue weighted by molar-refractivity contribution is -0.384. The lowest BCUT2D eigenvalue weighted by Crippen LogP contribution is -2.28. The molecule has 2 aromatic heterocycles. The van der Waals surface area contributed by atoms with Crippen molar-refractivity contribution in [2.45, 2.75) is 20.3 Å². The third-order valence-electron chi connectivity index (χ3n) is 5.29. The Morgan fingerprint density at radius 2 is 1.85 bits per heavy atom. The number of nitro groups is 1. The zero-order valence-corrected chi connectivity index (χ0v) is 18.4. The Kier molecular flexibility index (Phi) is 6.26. The first kappa shape index (κ1) is 21.9. The van der Waals surface area contributed by atoms with E-state index in [4.69, 9.17) is 0 Å². The number of pyridine rings is 1. The van der Waals surface area contributed by atoms with Crippen molar-refractivity contribution in [2.75, 3.05) is 6.54 Å². The maximum absolute atomic E-state index is 13.1. The van der Waals surface area contributed by atoms with Gasteiger partial charge >= 0.3 is 0 Å². The fourth-order valence-corrected chi connectivity index (χ4v) is 3.61. The molecule has 0 saturated carbocycles. The monoisotopic (exact) mass is 441 g/mol. The largest absolute Gasteiger partial charge is 0.350 e. The summed E-state index contributed by atoms with van der Waals surface area (Å²) in [6.45, 7) is 4.41. The summed E-state index contributed by atoms with van der Waals surface area (Å²) in [7, 11) is 0. The van der Waals surface area contributed by atoms with Gasteiger partial charge in [-0.15, -0.1) is 0 Å². The number of nitrogens with one attached hydrogen (secondary N) is 1. The number of carbonyl (C=O) groups is 1. The highest BCUT2D eigenvalue weighted by atomic mass is 16.6. The van der Waals surface area contributed by atoms with Gasteiger partial charge in [0.25, 0.3) is 11.6 Å². The summed E-state index contributed by atoms with van der Waals surface area (Å²) in [6, 6.07) is 19.4. The van der Waals surface area contributed by atoms with Gasteiger partial charge in [-0.05, 0) is 55.8 Å². The van der Waals surface area contributed by atoms with Gasteiger partial charge in [0.05, 0.1) is 16.3 Å². The van der Waals surface area contributed by atoms with Crippen molar-refractivity contribution < 1.29 is 9.72 Å². The van der Waals surface area contributed by atoms with Crippen LogP contribution in [0.15, 0.2) is 72.9 Å². The molecular weight excluding hydrogens is 418 g/mol. The summed E-state index contributed by atoms with van der Waals surface area (Å²) in [5.74, 6) is -0.258. The molecule has 33 heavy (non-hydrogen) atoms. The lowest BCUT2D eigenvalue weighted by Gasteiger charge is -2.11. The summed E-state index contributed by atoms with van der Waals surface area (Å²) in [6.07, 6.45) is 2.34. The fourth-order valence-electron chi connectivity index (χ4n) is 3.61. The SMILES string of the molecule is Cc1ccc(-n2nc(-c3ccc([N+](=O)[O-])cc3)cc2C(=O)NCCc2ccccn2)c(C)c1. The maximum atomic E-state index is 13.1. The molecule has 0 aliphatic heterocycles. The number of amides is 1. The average Bonchev–Trinajstić information content (AvgIpc) is 3.25. The molecule has 1 N–H and O–H groups in total. The number of benzene rings is 2. The van der Waals surface area contributed by atoms with Crippen LogP contribution in [0.4, 0.5) is 5.69 Å². The summed E-state index contributed by atoms with van der Waals surface area (Å²) >= 11 is 0. The number of non-ortho nitro benzene ring substituents is 1. The van der Waals surface area contributed by atoms with Crippen LogP contribution in [0.25, 0.3) is 16.9 Å². The van der Waals surface area contributed by atoms with Crippen molar-refractivity contribution in [1.29, 1.82) is 0 Å². The van der Waals surface area contributed by atoms with Crippen LogP contribution < -0.4 is 5.32 Å². The van der Waals surface area contributed by atoms with Gasteiger partial charge in [0, 0.05) is 42.6 Å². The highest BCUT2D eigenvalue weighted by molar-refractivity contribution is 5.94. The van der Waals surface area contributed by atoms with Crippen LogP contribution >= 0.6 is 0 Å². The van der Waals surface area contributed by atoms with E-state index in [-0.39, 0.29) is 11.6 Å². The van der Waals surface area contributed by atoms with E-state index in [0.717, 1.165) is 22.5 Å². The first-order chi connectivity index (χ1) is 15.9. The number of aryl methyl sites for hydroxylation is 2. The summed E-state index contributed by atoms with van der Waals surface area (Å²) in [5, 5.41) is 18.6. The number of carbonyl (C=O) groups excluding carboxylic acids is 1. The number of hydrogen-bond acceptors (Lipinski definition) is 5. The Morgan fingerprint density at radius 3 is 2.52 bits per heavy atom. The lowest BCUT2D eigenvalue weighted by atomic mass is 10.1. The van der Waals surface area contributed by atoms with Crippen molar-refractivity contribution in [3.05, 3.63) is 106 Å². The molecule has 8 heteroatoms. The Labute approximate surface area is 191 Å². The quantitative estimate of drug-likeness (QED) is 0.338. The average molecular weight is 441 g/mol. The molecule has 2 aromatic carbocycles. The van der Waals surface area contributed by atoms with Gasteiger partial charge in [0.1, 0.15) is 5.69 Å². The van der Waals surface area contributed by atoms with E-state index in [0.29, 0.717) is 29.9 Å². The molecule has 8 nitrogen and oxygen atoms in total. The molecule has 166 valence electrons. The minimum atomic E-state index is -0.446. The number of aromatic nitrogens is 3. The van der Waals surface area contributed by atoms with E-state index in [1.54, 1.807) is 29.1 Å². The van der Waals surface area contributed by atoms with Gasteiger partial charge in [0.2, 0.25) is 0 Å². The van der Waals surface area contributed by atoms with Crippen molar-refractivity contribution in [3.8, 4) is 16.9 Å². The van der Waals surface area contributed by atoms with E-state index >= 15 is 0 Å². The second-order valence-electron chi connectivity index (χ2n) is 7.75. The molecule has 4 aromatic rings. The van der Waals surface area contributed by atoms with Crippen LogP contribution in [0.2, 0.25) is 0 Å². The van der Waals surface area contributed by atoms with Gasteiger partial charge in [-0.3, -0.25) is 19.9 Å². The Morgan fingerprint density at radius 1 is 1.06 bits per heavy atom. The van der Waals surface area contributed by atoms with Crippen LogP contribution in [0.1, 0.15) is 27.3 Å². The van der Waals surface area contributed by atoms with Crippen molar-refractivity contribution in [2.24, 2.45) is 0 Å². The summed E-state index contributed by atoms with van der Waals surface area (Å²) in [5.41, 5.74) is 5.41. The van der Waals surface area contributed by atoms with Crippen LogP contribution in [0.3, 0.4) is 0 Å².